The monoisotopic (exact) mass is 235 g/mol. The van der Waals surface area contributed by atoms with Crippen LogP contribution < -0.4 is 4.72 Å². The third-order valence-electron chi connectivity index (χ3n) is 2.33. The van der Waals surface area contributed by atoms with E-state index in [-0.39, 0.29) is 24.6 Å². The van der Waals surface area contributed by atoms with Gasteiger partial charge in [-0.2, -0.15) is 0 Å². The van der Waals surface area contributed by atoms with Crippen molar-refractivity contribution in [3.8, 4) is 0 Å². The minimum absolute atomic E-state index is 0.00799. The first-order valence-corrected chi connectivity index (χ1v) is 6.73. The predicted molar refractivity (Wildman–Crippen MR) is 55.9 cm³/mol. The Hall–Kier alpha value is -0.620. The minimum Gasteiger partial charge on any atom is -0.481 e. The molecule has 1 fully saturated rings. The summed E-state index contributed by atoms with van der Waals surface area (Å²) in [5.41, 5.74) is 0. The van der Waals surface area contributed by atoms with Crippen LogP contribution in [0.15, 0.2) is 0 Å². The Bertz CT molecular complexity index is 321. The van der Waals surface area contributed by atoms with Crippen LogP contribution in [0.5, 0.6) is 0 Å². The van der Waals surface area contributed by atoms with Crippen LogP contribution in [0.3, 0.4) is 0 Å². The lowest BCUT2D eigenvalue weighted by atomic mass is 10.1. The van der Waals surface area contributed by atoms with Crippen LogP contribution >= 0.6 is 0 Å². The van der Waals surface area contributed by atoms with Gasteiger partial charge in [0, 0.05) is 13.0 Å². The number of carbonyl (C=O) groups is 1. The van der Waals surface area contributed by atoms with Gasteiger partial charge in [-0.15, -0.1) is 0 Å². The average Bonchev–Trinajstić information content (AvgIpc) is 2.83. The molecular weight excluding hydrogens is 218 g/mol. The fourth-order valence-electron chi connectivity index (χ4n) is 1.29. The summed E-state index contributed by atoms with van der Waals surface area (Å²) in [4.78, 5) is 10.3. The molecule has 0 aliphatic heterocycles. The van der Waals surface area contributed by atoms with Gasteiger partial charge in [0.2, 0.25) is 10.0 Å². The highest BCUT2D eigenvalue weighted by Gasteiger charge is 2.27. The van der Waals surface area contributed by atoms with E-state index in [0.717, 1.165) is 12.8 Å². The molecule has 0 aromatic rings. The summed E-state index contributed by atoms with van der Waals surface area (Å²) in [6, 6.07) is 0. The number of hydrogen-bond donors (Lipinski definition) is 2. The summed E-state index contributed by atoms with van der Waals surface area (Å²) < 4.78 is 25.3. The summed E-state index contributed by atoms with van der Waals surface area (Å²) in [7, 11) is -3.19. The van der Waals surface area contributed by atoms with E-state index in [1.165, 1.54) is 0 Å². The average molecular weight is 235 g/mol. The van der Waals surface area contributed by atoms with Gasteiger partial charge >= 0.3 is 5.97 Å². The first-order valence-electron chi connectivity index (χ1n) is 5.08. The normalized spacial score (nSPS) is 18.7. The van der Waals surface area contributed by atoms with Crippen molar-refractivity contribution in [3.05, 3.63) is 0 Å². The topological polar surface area (TPSA) is 83.5 Å². The summed E-state index contributed by atoms with van der Waals surface area (Å²) in [6.07, 6.45) is 1.98. The molecule has 1 rings (SSSR count). The number of carboxylic acid groups (broad SMARTS) is 1. The van der Waals surface area contributed by atoms with Gasteiger partial charge in [-0.25, -0.2) is 13.1 Å². The molecular formula is C9H17NO4S. The highest BCUT2D eigenvalue weighted by Crippen LogP contribution is 2.29. The molecule has 1 saturated carbocycles. The lowest BCUT2D eigenvalue weighted by Gasteiger charge is -2.10. The molecule has 0 bridgehead atoms. The van der Waals surface area contributed by atoms with E-state index in [2.05, 4.69) is 4.72 Å². The molecule has 0 aromatic heterocycles. The van der Waals surface area contributed by atoms with Crippen LogP contribution in [0.25, 0.3) is 0 Å². The smallest absolute Gasteiger partial charge is 0.303 e. The van der Waals surface area contributed by atoms with Gasteiger partial charge in [-0.1, -0.05) is 6.92 Å². The Morgan fingerprint density at radius 3 is 2.60 bits per heavy atom. The summed E-state index contributed by atoms with van der Waals surface area (Å²) >= 11 is 0. The Balaban J connectivity index is 2.25. The van der Waals surface area contributed by atoms with Gasteiger partial charge in [0.1, 0.15) is 0 Å². The predicted octanol–water partition coefficient (Wildman–Crippen LogP) is 0.427. The van der Waals surface area contributed by atoms with E-state index >= 15 is 0 Å². The molecule has 5 nitrogen and oxygen atoms in total. The highest BCUT2D eigenvalue weighted by molar-refractivity contribution is 7.89. The van der Waals surface area contributed by atoms with E-state index in [1.54, 1.807) is 6.92 Å². The number of sulfonamides is 1. The molecule has 1 unspecified atom stereocenters. The van der Waals surface area contributed by atoms with E-state index < -0.39 is 16.0 Å². The highest BCUT2D eigenvalue weighted by atomic mass is 32.2. The second kappa shape index (κ2) is 4.94. The molecule has 0 saturated heterocycles. The number of rotatable bonds is 7. The fourth-order valence-corrected chi connectivity index (χ4v) is 2.90. The van der Waals surface area contributed by atoms with Crippen LogP contribution in [-0.2, 0) is 14.8 Å². The Morgan fingerprint density at radius 2 is 2.13 bits per heavy atom. The third kappa shape index (κ3) is 5.74. The maximum atomic E-state index is 11.4. The lowest BCUT2D eigenvalue weighted by Crippen LogP contribution is -2.31. The van der Waals surface area contributed by atoms with Gasteiger partial charge < -0.3 is 5.11 Å². The molecule has 0 spiro atoms. The maximum absolute atomic E-state index is 11.4. The number of aliphatic carboxylic acids is 1. The minimum atomic E-state index is -3.19. The van der Waals surface area contributed by atoms with Crippen molar-refractivity contribution in [1.82, 2.24) is 4.72 Å². The molecule has 0 heterocycles. The summed E-state index contributed by atoms with van der Waals surface area (Å²) in [6.45, 7) is 1.93. The molecule has 6 heteroatoms. The largest absolute Gasteiger partial charge is 0.481 e. The molecule has 2 N–H and O–H groups in total. The van der Waals surface area contributed by atoms with Crippen molar-refractivity contribution in [2.45, 2.75) is 26.2 Å². The van der Waals surface area contributed by atoms with Gasteiger partial charge in [-0.3, -0.25) is 4.79 Å². The van der Waals surface area contributed by atoms with Crippen molar-refractivity contribution in [1.29, 1.82) is 0 Å². The molecule has 0 radical (unpaired) electrons. The Kier molecular flexibility index (Phi) is 4.10. The number of hydrogen-bond acceptors (Lipinski definition) is 3. The van der Waals surface area contributed by atoms with E-state index in [4.69, 9.17) is 5.11 Å². The summed E-state index contributed by atoms with van der Waals surface area (Å²) in [5.74, 6) is -0.565. The van der Waals surface area contributed by atoms with Crippen molar-refractivity contribution >= 4 is 16.0 Å². The molecule has 0 aromatic carbocycles. The van der Waals surface area contributed by atoms with Crippen molar-refractivity contribution in [2.75, 3.05) is 12.3 Å². The van der Waals surface area contributed by atoms with Crippen LogP contribution in [0.4, 0.5) is 0 Å². The lowest BCUT2D eigenvalue weighted by molar-refractivity contribution is -0.137. The van der Waals surface area contributed by atoms with Gasteiger partial charge in [0.25, 0.3) is 0 Å². The van der Waals surface area contributed by atoms with Crippen LogP contribution in [0, 0.1) is 11.8 Å². The second-order valence-electron chi connectivity index (χ2n) is 4.28. The van der Waals surface area contributed by atoms with E-state index in [1.807, 2.05) is 0 Å². The van der Waals surface area contributed by atoms with Crippen molar-refractivity contribution in [3.63, 3.8) is 0 Å². The molecule has 88 valence electrons. The quantitative estimate of drug-likeness (QED) is 0.670. The van der Waals surface area contributed by atoms with Crippen LogP contribution in [-0.4, -0.2) is 31.8 Å². The summed E-state index contributed by atoms with van der Waals surface area (Å²) in [5, 5.41) is 8.49. The van der Waals surface area contributed by atoms with Gasteiger partial charge in [0.05, 0.1) is 5.75 Å². The van der Waals surface area contributed by atoms with Crippen molar-refractivity contribution in [2.24, 2.45) is 11.8 Å². The Labute approximate surface area is 89.9 Å². The van der Waals surface area contributed by atoms with E-state index in [0.29, 0.717) is 5.92 Å². The zero-order valence-electron chi connectivity index (χ0n) is 8.77. The number of nitrogens with one attached hydrogen (secondary N) is 1. The molecule has 1 atom stereocenters. The third-order valence-corrected chi connectivity index (χ3v) is 3.84. The fraction of sp³-hybridized carbons (Fsp3) is 0.889. The standard InChI is InChI=1S/C9H17NO4S/c1-7(4-9(11)12)5-10-15(13,14)6-8-2-3-8/h7-8,10H,2-6H2,1H3,(H,11,12). The molecule has 15 heavy (non-hydrogen) atoms. The zero-order valence-corrected chi connectivity index (χ0v) is 9.59. The van der Waals surface area contributed by atoms with Crippen LogP contribution in [0.2, 0.25) is 0 Å². The van der Waals surface area contributed by atoms with Gasteiger partial charge in [-0.05, 0) is 24.7 Å². The van der Waals surface area contributed by atoms with Crippen LogP contribution in [0.1, 0.15) is 26.2 Å². The number of carboxylic acids is 1. The van der Waals surface area contributed by atoms with Gasteiger partial charge in [0.15, 0.2) is 0 Å². The van der Waals surface area contributed by atoms with Crippen molar-refractivity contribution < 1.29 is 18.3 Å². The zero-order chi connectivity index (χ0) is 11.5. The maximum Gasteiger partial charge on any atom is 0.303 e. The SMILES string of the molecule is CC(CNS(=O)(=O)CC1CC1)CC(=O)O. The Morgan fingerprint density at radius 1 is 1.53 bits per heavy atom. The molecule has 0 amide bonds. The molecule has 1 aliphatic carbocycles. The van der Waals surface area contributed by atoms with E-state index in [9.17, 15) is 13.2 Å². The second-order valence-corrected chi connectivity index (χ2v) is 6.13. The molecule has 1 aliphatic rings. The first kappa shape index (κ1) is 12.4. The first-order chi connectivity index (χ1) is 6.89.